The summed E-state index contributed by atoms with van der Waals surface area (Å²) in [5.74, 6) is 2.41. The van der Waals surface area contributed by atoms with Crippen LogP contribution in [0.5, 0.6) is 0 Å². The van der Waals surface area contributed by atoms with E-state index in [0.717, 1.165) is 11.8 Å². The molecule has 4 nitrogen and oxygen atoms in total. The highest BCUT2D eigenvalue weighted by Crippen LogP contribution is 2.56. The van der Waals surface area contributed by atoms with Crippen molar-refractivity contribution in [2.24, 2.45) is 23.7 Å². The third kappa shape index (κ3) is 1.48. The van der Waals surface area contributed by atoms with Crippen LogP contribution in [0, 0.1) is 23.7 Å². The van der Waals surface area contributed by atoms with Crippen LogP contribution in [0.2, 0.25) is 0 Å². The van der Waals surface area contributed by atoms with E-state index in [1.807, 2.05) is 0 Å². The molecule has 1 aromatic rings. The lowest BCUT2D eigenvalue weighted by Gasteiger charge is -2.56. The number of imide groups is 1. The molecule has 2 N–H and O–H groups in total. The minimum Gasteiger partial charge on any atom is -0.398 e. The van der Waals surface area contributed by atoms with Crippen LogP contribution >= 0.6 is 0 Å². The summed E-state index contributed by atoms with van der Waals surface area (Å²) in [5, 5.41) is 0. The number of anilines is 1. The molecule has 0 unspecified atom stereocenters. The summed E-state index contributed by atoms with van der Waals surface area (Å²) < 4.78 is 0. The maximum absolute atomic E-state index is 12.9. The average Bonchev–Trinajstić information content (AvgIpc) is 2.72. The van der Waals surface area contributed by atoms with Crippen molar-refractivity contribution >= 4 is 17.5 Å². The number of nitrogen functional groups attached to an aromatic ring is 1. The minimum atomic E-state index is -0.157. The number of carbonyl (C=O) groups is 2. The van der Waals surface area contributed by atoms with Gasteiger partial charge in [0, 0.05) is 11.7 Å². The van der Waals surface area contributed by atoms with Gasteiger partial charge < -0.3 is 5.73 Å². The Morgan fingerprint density at radius 3 is 2.14 bits per heavy atom. The number of amides is 2. The summed E-state index contributed by atoms with van der Waals surface area (Å²) in [5.41, 5.74) is 7.32. The van der Waals surface area contributed by atoms with Crippen LogP contribution in [0.1, 0.15) is 52.8 Å². The first-order valence-electron chi connectivity index (χ1n) is 8.40. The van der Waals surface area contributed by atoms with Crippen molar-refractivity contribution in [3.05, 3.63) is 29.3 Å². The maximum Gasteiger partial charge on any atom is 0.263 e. The molecule has 2 amide bonds. The molecule has 4 fully saturated rings. The molecule has 4 saturated carbocycles. The third-order valence-electron chi connectivity index (χ3n) is 6.45. The lowest BCUT2D eigenvalue weighted by Crippen LogP contribution is -2.57. The van der Waals surface area contributed by atoms with Gasteiger partial charge in [-0.2, -0.15) is 0 Å². The molecule has 4 heteroatoms. The number of rotatable bonds is 1. The molecule has 1 heterocycles. The van der Waals surface area contributed by atoms with Gasteiger partial charge in [-0.05, 0) is 67.9 Å². The van der Waals surface area contributed by atoms with Crippen molar-refractivity contribution in [1.29, 1.82) is 0 Å². The monoisotopic (exact) mass is 296 g/mol. The van der Waals surface area contributed by atoms with Crippen molar-refractivity contribution in [3.63, 3.8) is 0 Å². The zero-order chi connectivity index (χ0) is 15.0. The summed E-state index contributed by atoms with van der Waals surface area (Å²) >= 11 is 0. The second-order valence-electron chi connectivity index (χ2n) is 7.67. The Kier molecular flexibility index (Phi) is 2.37. The second kappa shape index (κ2) is 4.12. The van der Waals surface area contributed by atoms with Gasteiger partial charge in [-0.25, -0.2) is 0 Å². The number of nitrogens with two attached hydrogens (primary N) is 1. The predicted octanol–water partition coefficient (Wildman–Crippen LogP) is 2.69. The largest absolute Gasteiger partial charge is 0.398 e. The highest BCUT2D eigenvalue weighted by molar-refractivity contribution is 6.23. The van der Waals surface area contributed by atoms with Crippen molar-refractivity contribution < 1.29 is 9.59 Å². The number of benzene rings is 1. The van der Waals surface area contributed by atoms with E-state index in [-0.39, 0.29) is 17.9 Å². The minimum absolute atomic E-state index is 0.111. The van der Waals surface area contributed by atoms with Crippen molar-refractivity contribution in [3.8, 4) is 0 Å². The zero-order valence-corrected chi connectivity index (χ0v) is 12.5. The molecule has 0 aromatic heterocycles. The fourth-order valence-corrected chi connectivity index (χ4v) is 5.92. The standard InChI is InChI=1S/C18H20N2O2/c19-14-3-1-2-13-15(14)18(22)20(17(13)21)16-11-5-9-4-10(7-11)8-12(16)6-9/h1-3,9-12,16H,4-8,19H2. The summed E-state index contributed by atoms with van der Waals surface area (Å²) in [6, 6.07) is 5.33. The van der Waals surface area contributed by atoms with Gasteiger partial charge >= 0.3 is 0 Å². The summed E-state index contributed by atoms with van der Waals surface area (Å²) in [4.78, 5) is 27.3. The molecule has 5 aliphatic rings. The topological polar surface area (TPSA) is 63.4 Å². The summed E-state index contributed by atoms with van der Waals surface area (Å²) in [7, 11) is 0. The molecule has 0 spiro atoms. The predicted molar refractivity (Wildman–Crippen MR) is 82.2 cm³/mol. The Hall–Kier alpha value is -1.84. The van der Waals surface area contributed by atoms with Gasteiger partial charge in [-0.15, -0.1) is 0 Å². The first kappa shape index (κ1) is 12.7. The van der Waals surface area contributed by atoms with Crippen LogP contribution in [0.4, 0.5) is 5.69 Å². The summed E-state index contributed by atoms with van der Waals surface area (Å²) in [6.07, 6.45) is 6.15. The molecule has 0 saturated heterocycles. The Balaban J connectivity index is 1.56. The van der Waals surface area contributed by atoms with E-state index in [0.29, 0.717) is 28.7 Å². The Labute approximate surface area is 129 Å². The van der Waals surface area contributed by atoms with Crippen molar-refractivity contribution in [1.82, 2.24) is 4.90 Å². The molecular formula is C18H20N2O2. The van der Waals surface area contributed by atoms with Crippen molar-refractivity contribution in [2.45, 2.75) is 38.1 Å². The van der Waals surface area contributed by atoms with Crippen LogP contribution in [0.3, 0.4) is 0 Å². The van der Waals surface area contributed by atoms with Crippen LogP contribution in [0.15, 0.2) is 18.2 Å². The molecule has 1 aliphatic heterocycles. The number of hydrogen-bond donors (Lipinski definition) is 1. The maximum atomic E-state index is 12.9. The van der Waals surface area contributed by atoms with Crippen molar-refractivity contribution in [2.75, 3.05) is 5.73 Å². The van der Waals surface area contributed by atoms with Gasteiger partial charge in [0.2, 0.25) is 0 Å². The molecule has 4 bridgehead atoms. The van der Waals surface area contributed by atoms with Crippen LogP contribution in [-0.2, 0) is 0 Å². The average molecular weight is 296 g/mol. The number of nitrogens with zero attached hydrogens (tertiary/aromatic N) is 1. The van der Waals surface area contributed by atoms with E-state index in [2.05, 4.69) is 0 Å². The van der Waals surface area contributed by atoms with E-state index in [1.54, 1.807) is 23.1 Å². The quantitative estimate of drug-likeness (QED) is 0.640. The first-order chi connectivity index (χ1) is 10.6. The SMILES string of the molecule is Nc1cccc2c1C(=O)N(C1C3CC4CC(C3)CC1C4)C2=O. The summed E-state index contributed by atoms with van der Waals surface area (Å²) in [6.45, 7) is 0. The van der Waals surface area contributed by atoms with E-state index < -0.39 is 0 Å². The normalized spacial score (nSPS) is 38.7. The third-order valence-corrected chi connectivity index (χ3v) is 6.45. The lowest BCUT2D eigenvalue weighted by molar-refractivity contribution is -0.0466. The van der Waals surface area contributed by atoms with E-state index in [9.17, 15) is 9.59 Å². The zero-order valence-electron chi connectivity index (χ0n) is 12.5. The Morgan fingerprint density at radius 2 is 1.55 bits per heavy atom. The van der Waals surface area contributed by atoms with Gasteiger partial charge in [0.15, 0.2) is 0 Å². The van der Waals surface area contributed by atoms with E-state index in [1.165, 1.54) is 32.1 Å². The molecule has 0 atom stereocenters. The van der Waals surface area contributed by atoms with Crippen LogP contribution in [0.25, 0.3) is 0 Å². The Bertz CT molecular complexity index is 668. The highest BCUT2D eigenvalue weighted by atomic mass is 16.2. The number of hydrogen-bond acceptors (Lipinski definition) is 3. The van der Waals surface area contributed by atoms with Gasteiger partial charge in [0.05, 0.1) is 11.1 Å². The van der Waals surface area contributed by atoms with Crippen LogP contribution in [-0.4, -0.2) is 22.8 Å². The smallest absolute Gasteiger partial charge is 0.263 e. The fraction of sp³-hybridized carbons (Fsp3) is 0.556. The highest BCUT2D eigenvalue weighted by Gasteiger charge is 2.54. The molecule has 4 aliphatic carbocycles. The van der Waals surface area contributed by atoms with Gasteiger partial charge in [0.25, 0.3) is 11.8 Å². The number of carbonyl (C=O) groups excluding carboxylic acids is 2. The molecule has 1 aromatic carbocycles. The molecule has 22 heavy (non-hydrogen) atoms. The first-order valence-corrected chi connectivity index (χ1v) is 8.40. The molecule has 114 valence electrons. The van der Waals surface area contributed by atoms with Gasteiger partial charge in [-0.3, -0.25) is 14.5 Å². The molecule has 6 rings (SSSR count). The Morgan fingerprint density at radius 1 is 0.909 bits per heavy atom. The molecular weight excluding hydrogens is 276 g/mol. The number of fused-ring (bicyclic) bond motifs is 1. The second-order valence-corrected chi connectivity index (χ2v) is 7.67. The van der Waals surface area contributed by atoms with Crippen LogP contribution < -0.4 is 5.73 Å². The van der Waals surface area contributed by atoms with Gasteiger partial charge in [-0.1, -0.05) is 6.07 Å². The van der Waals surface area contributed by atoms with Gasteiger partial charge in [0.1, 0.15) is 0 Å². The fourth-order valence-electron chi connectivity index (χ4n) is 5.92. The van der Waals surface area contributed by atoms with E-state index >= 15 is 0 Å². The lowest BCUT2D eigenvalue weighted by atomic mass is 9.54. The van der Waals surface area contributed by atoms with E-state index in [4.69, 9.17) is 5.73 Å². The molecule has 0 radical (unpaired) electrons.